The number of carbonyl (C=O) groups excluding carboxylic acids is 1. The van der Waals surface area contributed by atoms with E-state index in [0.717, 1.165) is 16.7 Å². The maximum atomic E-state index is 12.0. The second-order valence-electron chi connectivity index (χ2n) is 5.26. The Labute approximate surface area is 133 Å². The molecule has 2 heterocycles. The van der Waals surface area contributed by atoms with E-state index in [-0.39, 0.29) is 12.1 Å². The molecule has 0 unspecified atom stereocenters. The Kier molecular flexibility index (Phi) is 4.15. The van der Waals surface area contributed by atoms with Crippen LogP contribution in [0.4, 0.5) is 4.79 Å². The fourth-order valence-electron chi connectivity index (χ4n) is 2.28. The number of nitrogens with one attached hydrogen (secondary N) is 2. The van der Waals surface area contributed by atoms with Gasteiger partial charge in [0.25, 0.3) is 0 Å². The molecule has 1 aromatic carbocycles. The first kappa shape index (κ1) is 14.7. The predicted molar refractivity (Wildman–Crippen MR) is 89.1 cm³/mol. The van der Waals surface area contributed by atoms with Gasteiger partial charge in [0.15, 0.2) is 0 Å². The molecule has 114 valence electrons. The van der Waals surface area contributed by atoms with Gasteiger partial charge in [0.1, 0.15) is 11.3 Å². The van der Waals surface area contributed by atoms with E-state index in [4.69, 9.17) is 4.42 Å². The lowest BCUT2D eigenvalue weighted by molar-refractivity contribution is 0.236. The number of para-hydroxylation sites is 1. The molecule has 0 radical (unpaired) electrons. The van der Waals surface area contributed by atoms with Crippen LogP contribution in [-0.4, -0.2) is 6.03 Å². The number of carbonyl (C=O) groups is 1. The quantitative estimate of drug-likeness (QED) is 0.751. The minimum absolute atomic E-state index is 0.183. The Balaban J connectivity index is 1.59. The standard InChI is InChI=1S/C17H18N2O2S/c1-11-7-8-22-16(11)10-18-17(20)19-12(2)15-9-13-5-3-4-6-14(13)21-15/h3-9,12H,10H2,1-2H3,(H2,18,19,20)/t12-/m1/s1. The first-order valence-electron chi connectivity index (χ1n) is 7.19. The molecule has 0 aliphatic heterocycles. The third-order valence-electron chi connectivity index (χ3n) is 3.60. The number of hydrogen-bond donors (Lipinski definition) is 2. The lowest BCUT2D eigenvalue weighted by atomic mass is 10.2. The van der Waals surface area contributed by atoms with Crippen LogP contribution in [0.15, 0.2) is 46.2 Å². The predicted octanol–water partition coefficient (Wildman–Crippen LogP) is 4.36. The highest BCUT2D eigenvalue weighted by Gasteiger charge is 2.14. The molecule has 4 nitrogen and oxygen atoms in total. The summed E-state index contributed by atoms with van der Waals surface area (Å²) in [4.78, 5) is 13.2. The van der Waals surface area contributed by atoms with Crippen LogP contribution < -0.4 is 10.6 Å². The average molecular weight is 314 g/mol. The Morgan fingerprint density at radius 3 is 2.86 bits per heavy atom. The van der Waals surface area contributed by atoms with Crippen LogP contribution in [0.5, 0.6) is 0 Å². The number of benzene rings is 1. The number of urea groups is 1. The minimum Gasteiger partial charge on any atom is -0.459 e. The van der Waals surface area contributed by atoms with Crippen LogP contribution in [0.2, 0.25) is 0 Å². The van der Waals surface area contributed by atoms with Gasteiger partial charge in [-0.1, -0.05) is 18.2 Å². The monoisotopic (exact) mass is 314 g/mol. The molecule has 0 saturated heterocycles. The molecular formula is C17H18N2O2S. The van der Waals surface area contributed by atoms with Crippen LogP contribution >= 0.6 is 11.3 Å². The van der Waals surface area contributed by atoms with Gasteiger partial charge in [0.2, 0.25) is 0 Å². The van der Waals surface area contributed by atoms with Crippen molar-refractivity contribution in [1.82, 2.24) is 10.6 Å². The number of aryl methyl sites for hydroxylation is 1. The highest BCUT2D eigenvalue weighted by Crippen LogP contribution is 2.23. The maximum absolute atomic E-state index is 12.0. The summed E-state index contributed by atoms with van der Waals surface area (Å²) in [6.07, 6.45) is 0. The van der Waals surface area contributed by atoms with Crippen LogP contribution in [0, 0.1) is 6.92 Å². The van der Waals surface area contributed by atoms with Gasteiger partial charge < -0.3 is 15.1 Å². The number of thiophene rings is 1. The average Bonchev–Trinajstić information content (AvgIpc) is 3.11. The van der Waals surface area contributed by atoms with Crippen LogP contribution in [0.3, 0.4) is 0 Å². The summed E-state index contributed by atoms with van der Waals surface area (Å²) < 4.78 is 5.76. The van der Waals surface area contributed by atoms with E-state index in [1.54, 1.807) is 11.3 Å². The lowest BCUT2D eigenvalue weighted by Gasteiger charge is -2.12. The van der Waals surface area contributed by atoms with Gasteiger partial charge in [-0.25, -0.2) is 4.79 Å². The number of amides is 2. The minimum atomic E-state index is -0.194. The van der Waals surface area contributed by atoms with Crippen molar-refractivity contribution in [3.05, 3.63) is 58.0 Å². The first-order valence-corrected chi connectivity index (χ1v) is 8.07. The largest absolute Gasteiger partial charge is 0.459 e. The van der Waals surface area contributed by atoms with E-state index in [9.17, 15) is 4.79 Å². The number of fused-ring (bicyclic) bond motifs is 1. The highest BCUT2D eigenvalue weighted by atomic mass is 32.1. The summed E-state index contributed by atoms with van der Waals surface area (Å²) in [5, 5.41) is 8.85. The van der Waals surface area contributed by atoms with Gasteiger partial charge in [0.05, 0.1) is 12.6 Å². The Bertz CT molecular complexity index is 758. The third kappa shape index (κ3) is 3.14. The van der Waals surface area contributed by atoms with Crippen molar-refractivity contribution in [1.29, 1.82) is 0 Å². The molecule has 2 aromatic heterocycles. The Morgan fingerprint density at radius 2 is 2.14 bits per heavy atom. The van der Waals surface area contributed by atoms with E-state index in [1.165, 1.54) is 10.4 Å². The molecule has 0 fully saturated rings. The van der Waals surface area contributed by atoms with Crippen LogP contribution in [-0.2, 0) is 6.54 Å². The molecule has 2 amide bonds. The Morgan fingerprint density at radius 1 is 1.32 bits per heavy atom. The van der Waals surface area contributed by atoms with Crippen molar-refractivity contribution in [2.24, 2.45) is 0 Å². The van der Waals surface area contributed by atoms with E-state index in [0.29, 0.717) is 6.54 Å². The van der Waals surface area contributed by atoms with Gasteiger partial charge in [-0.2, -0.15) is 0 Å². The summed E-state index contributed by atoms with van der Waals surface area (Å²) in [5.74, 6) is 0.753. The topological polar surface area (TPSA) is 54.3 Å². The third-order valence-corrected chi connectivity index (χ3v) is 4.62. The van der Waals surface area contributed by atoms with Gasteiger partial charge >= 0.3 is 6.03 Å². The molecular weight excluding hydrogens is 296 g/mol. The second kappa shape index (κ2) is 6.23. The van der Waals surface area contributed by atoms with E-state index >= 15 is 0 Å². The van der Waals surface area contributed by atoms with Crippen molar-refractivity contribution < 1.29 is 9.21 Å². The molecule has 0 bridgehead atoms. The summed E-state index contributed by atoms with van der Waals surface area (Å²) >= 11 is 1.65. The highest BCUT2D eigenvalue weighted by molar-refractivity contribution is 7.10. The number of rotatable bonds is 4. The Hall–Kier alpha value is -2.27. The molecule has 1 atom stereocenters. The number of furan rings is 1. The smallest absolute Gasteiger partial charge is 0.315 e. The van der Waals surface area contributed by atoms with Crippen molar-refractivity contribution >= 4 is 28.3 Å². The van der Waals surface area contributed by atoms with Crippen molar-refractivity contribution in [3.8, 4) is 0 Å². The van der Waals surface area contributed by atoms with Crippen molar-refractivity contribution in [2.75, 3.05) is 0 Å². The molecule has 0 aliphatic rings. The molecule has 5 heteroatoms. The van der Waals surface area contributed by atoms with E-state index < -0.39 is 0 Å². The second-order valence-corrected chi connectivity index (χ2v) is 6.26. The van der Waals surface area contributed by atoms with Gasteiger partial charge in [0, 0.05) is 10.3 Å². The zero-order valence-electron chi connectivity index (χ0n) is 12.6. The zero-order chi connectivity index (χ0) is 15.5. The molecule has 22 heavy (non-hydrogen) atoms. The normalized spacial score (nSPS) is 12.3. The molecule has 2 N–H and O–H groups in total. The summed E-state index contributed by atoms with van der Waals surface area (Å²) in [6, 6.07) is 11.5. The molecule has 0 aliphatic carbocycles. The van der Waals surface area contributed by atoms with E-state index in [1.807, 2.05) is 49.6 Å². The van der Waals surface area contributed by atoms with Crippen molar-refractivity contribution in [2.45, 2.75) is 26.4 Å². The van der Waals surface area contributed by atoms with Gasteiger partial charge in [-0.15, -0.1) is 11.3 Å². The first-order chi connectivity index (χ1) is 10.6. The van der Waals surface area contributed by atoms with E-state index in [2.05, 4.69) is 16.7 Å². The lowest BCUT2D eigenvalue weighted by Crippen LogP contribution is -2.36. The zero-order valence-corrected chi connectivity index (χ0v) is 13.4. The van der Waals surface area contributed by atoms with Crippen LogP contribution in [0.1, 0.15) is 29.2 Å². The fraction of sp³-hybridized carbons (Fsp3) is 0.235. The van der Waals surface area contributed by atoms with Gasteiger partial charge in [-0.3, -0.25) is 0 Å². The number of hydrogen-bond acceptors (Lipinski definition) is 3. The SMILES string of the molecule is Cc1ccsc1CNC(=O)N[C@H](C)c1cc2ccccc2o1. The fourth-order valence-corrected chi connectivity index (χ4v) is 3.13. The summed E-state index contributed by atoms with van der Waals surface area (Å²) in [6.45, 7) is 4.50. The maximum Gasteiger partial charge on any atom is 0.315 e. The van der Waals surface area contributed by atoms with Crippen LogP contribution in [0.25, 0.3) is 11.0 Å². The molecule has 0 saturated carbocycles. The van der Waals surface area contributed by atoms with Crippen molar-refractivity contribution in [3.63, 3.8) is 0 Å². The van der Waals surface area contributed by atoms with Gasteiger partial charge in [-0.05, 0) is 43.0 Å². The summed E-state index contributed by atoms with van der Waals surface area (Å²) in [7, 11) is 0. The summed E-state index contributed by atoms with van der Waals surface area (Å²) in [5.41, 5.74) is 2.04. The molecule has 0 spiro atoms. The molecule has 3 rings (SSSR count). The molecule has 3 aromatic rings.